The first-order valence-corrected chi connectivity index (χ1v) is 6.94. The Balaban J connectivity index is 2.18. The Labute approximate surface area is 108 Å². The minimum atomic E-state index is 0.333. The number of rotatable bonds is 3. The normalized spacial score (nSPS) is 17.1. The molecule has 2 nitrogen and oxygen atoms in total. The minimum absolute atomic E-state index is 0.333. The van der Waals surface area contributed by atoms with Crippen LogP contribution >= 0.6 is 11.6 Å². The lowest BCUT2D eigenvalue weighted by atomic mass is 9.98. The van der Waals surface area contributed by atoms with E-state index in [1.807, 2.05) is 6.92 Å². The molecule has 1 saturated carbocycles. The molecule has 0 spiro atoms. The predicted octanol–water partition coefficient (Wildman–Crippen LogP) is 4.15. The van der Waals surface area contributed by atoms with E-state index >= 15 is 0 Å². The van der Waals surface area contributed by atoms with Crippen molar-refractivity contribution >= 4 is 11.6 Å². The van der Waals surface area contributed by atoms with Gasteiger partial charge in [-0.15, -0.1) is 11.6 Å². The number of alkyl halides is 1. The van der Waals surface area contributed by atoms with Crippen molar-refractivity contribution in [2.45, 2.75) is 57.9 Å². The van der Waals surface area contributed by atoms with E-state index < -0.39 is 0 Å². The molecule has 0 unspecified atom stereocenters. The Kier molecular flexibility index (Phi) is 4.27. The average molecular weight is 254 g/mol. The molecule has 3 heteroatoms. The number of ether oxygens (including phenoxy) is 1. The summed E-state index contributed by atoms with van der Waals surface area (Å²) < 4.78 is 6.04. The average Bonchev–Trinajstić information content (AvgIpc) is 2.30. The number of hydrogen-bond acceptors (Lipinski definition) is 2. The van der Waals surface area contributed by atoms with Crippen LogP contribution in [0.25, 0.3) is 0 Å². The highest BCUT2D eigenvalue weighted by Crippen LogP contribution is 2.27. The summed E-state index contributed by atoms with van der Waals surface area (Å²) in [5.41, 5.74) is 3.23. The SMILES string of the molecule is Cc1cc(C)c(CCl)c(OC2CCCCC2)n1. The van der Waals surface area contributed by atoms with E-state index in [9.17, 15) is 0 Å². The number of halogens is 1. The predicted molar refractivity (Wildman–Crippen MR) is 70.8 cm³/mol. The molecule has 2 rings (SSSR count). The molecule has 0 aromatic carbocycles. The van der Waals surface area contributed by atoms with Crippen molar-refractivity contribution in [1.29, 1.82) is 0 Å². The van der Waals surface area contributed by atoms with Gasteiger partial charge in [-0.3, -0.25) is 0 Å². The van der Waals surface area contributed by atoms with Crippen molar-refractivity contribution in [1.82, 2.24) is 4.98 Å². The van der Waals surface area contributed by atoms with Gasteiger partial charge in [0.2, 0.25) is 5.88 Å². The fourth-order valence-electron chi connectivity index (χ4n) is 2.43. The zero-order valence-electron chi connectivity index (χ0n) is 10.6. The number of pyridine rings is 1. The van der Waals surface area contributed by atoms with Crippen LogP contribution in [-0.4, -0.2) is 11.1 Å². The molecular weight excluding hydrogens is 234 g/mol. The Hall–Kier alpha value is -0.760. The summed E-state index contributed by atoms with van der Waals surface area (Å²) in [6.45, 7) is 4.07. The minimum Gasteiger partial charge on any atom is -0.474 e. The third-order valence-corrected chi connectivity index (χ3v) is 3.67. The second kappa shape index (κ2) is 5.72. The molecule has 0 amide bonds. The number of aryl methyl sites for hydroxylation is 2. The van der Waals surface area contributed by atoms with Gasteiger partial charge in [0.25, 0.3) is 0 Å². The first kappa shape index (κ1) is 12.7. The van der Waals surface area contributed by atoms with Crippen LogP contribution in [0, 0.1) is 13.8 Å². The lowest BCUT2D eigenvalue weighted by Gasteiger charge is -2.24. The van der Waals surface area contributed by atoms with Crippen molar-refractivity contribution in [2.75, 3.05) is 0 Å². The molecule has 1 aromatic rings. The molecule has 1 fully saturated rings. The Morgan fingerprint density at radius 3 is 2.65 bits per heavy atom. The van der Waals surface area contributed by atoms with Crippen molar-refractivity contribution in [3.05, 3.63) is 22.9 Å². The lowest BCUT2D eigenvalue weighted by molar-refractivity contribution is 0.147. The van der Waals surface area contributed by atoms with Crippen molar-refractivity contribution < 1.29 is 4.74 Å². The maximum atomic E-state index is 6.04. The van der Waals surface area contributed by atoms with Crippen LogP contribution in [0.4, 0.5) is 0 Å². The van der Waals surface area contributed by atoms with E-state index in [0.717, 1.165) is 30.0 Å². The maximum Gasteiger partial charge on any atom is 0.218 e. The zero-order chi connectivity index (χ0) is 12.3. The standard InChI is InChI=1S/C14H20ClNO/c1-10-8-11(2)16-14(13(10)9-15)17-12-6-4-3-5-7-12/h8,12H,3-7,9H2,1-2H3. The summed E-state index contributed by atoms with van der Waals surface area (Å²) in [6, 6.07) is 2.06. The molecule has 94 valence electrons. The largest absolute Gasteiger partial charge is 0.474 e. The number of aromatic nitrogens is 1. The molecule has 0 aliphatic heterocycles. The molecule has 1 aromatic heterocycles. The van der Waals surface area contributed by atoms with Crippen LogP contribution in [0.2, 0.25) is 0 Å². The summed E-state index contributed by atoms with van der Waals surface area (Å²) >= 11 is 5.99. The van der Waals surface area contributed by atoms with Gasteiger partial charge in [-0.2, -0.15) is 0 Å². The Bertz CT molecular complexity index is 386. The highest BCUT2D eigenvalue weighted by molar-refractivity contribution is 6.17. The van der Waals surface area contributed by atoms with Gasteiger partial charge in [0.15, 0.2) is 0 Å². The summed E-state index contributed by atoms with van der Waals surface area (Å²) in [5.74, 6) is 1.23. The summed E-state index contributed by atoms with van der Waals surface area (Å²) in [5, 5.41) is 0. The second-order valence-corrected chi connectivity index (χ2v) is 5.14. The quantitative estimate of drug-likeness (QED) is 0.755. The number of nitrogens with zero attached hydrogens (tertiary/aromatic N) is 1. The molecule has 1 aliphatic rings. The van der Waals surface area contributed by atoms with Crippen molar-refractivity contribution in [2.24, 2.45) is 0 Å². The van der Waals surface area contributed by atoms with Crippen LogP contribution in [0.3, 0.4) is 0 Å². The molecule has 0 saturated heterocycles. The highest BCUT2D eigenvalue weighted by Gasteiger charge is 2.18. The molecule has 0 radical (unpaired) electrons. The fraction of sp³-hybridized carbons (Fsp3) is 0.643. The number of hydrogen-bond donors (Lipinski definition) is 0. The molecule has 0 N–H and O–H groups in total. The Morgan fingerprint density at radius 1 is 1.29 bits per heavy atom. The summed E-state index contributed by atoms with van der Waals surface area (Å²) in [7, 11) is 0. The topological polar surface area (TPSA) is 22.1 Å². The first-order chi connectivity index (χ1) is 8.20. The highest BCUT2D eigenvalue weighted by atomic mass is 35.5. The van der Waals surface area contributed by atoms with E-state index in [1.165, 1.54) is 24.8 Å². The first-order valence-electron chi connectivity index (χ1n) is 6.40. The summed E-state index contributed by atoms with van der Waals surface area (Å²) in [6.07, 6.45) is 6.51. The van der Waals surface area contributed by atoms with Gasteiger partial charge in [-0.05, 0) is 51.2 Å². The smallest absolute Gasteiger partial charge is 0.218 e. The van der Waals surface area contributed by atoms with Crippen LogP contribution in [0.15, 0.2) is 6.07 Å². The van der Waals surface area contributed by atoms with Gasteiger partial charge in [0.05, 0.1) is 5.88 Å². The van der Waals surface area contributed by atoms with Gasteiger partial charge in [0, 0.05) is 11.3 Å². The van der Waals surface area contributed by atoms with E-state index in [1.54, 1.807) is 0 Å². The van der Waals surface area contributed by atoms with E-state index in [-0.39, 0.29) is 0 Å². The van der Waals surface area contributed by atoms with Gasteiger partial charge in [0.1, 0.15) is 6.10 Å². The van der Waals surface area contributed by atoms with Gasteiger partial charge in [-0.25, -0.2) is 4.98 Å². The van der Waals surface area contributed by atoms with Crippen LogP contribution in [-0.2, 0) is 5.88 Å². The van der Waals surface area contributed by atoms with Crippen molar-refractivity contribution in [3.63, 3.8) is 0 Å². The second-order valence-electron chi connectivity index (χ2n) is 4.88. The Morgan fingerprint density at radius 2 is 2.00 bits per heavy atom. The van der Waals surface area contributed by atoms with Gasteiger partial charge in [-0.1, -0.05) is 6.42 Å². The zero-order valence-corrected chi connectivity index (χ0v) is 11.4. The maximum absolute atomic E-state index is 6.04. The van der Waals surface area contributed by atoms with Crippen molar-refractivity contribution in [3.8, 4) is 5.88 Å². The molecule has 0 atom stereocenters. The van der Waals surface area contributed by atoms with Gasteiger partial charge >= 0.3 is 0 Å². The third kappa shape index (κ3) is 3.12. The van der Waals surface area contributed by atoms with E-state index in [2.05, 4.69) is 18.0 Å². The monoisotopic (exact) mass is 253 g/mol. The van der Waals surface area contributed by atoms with Crippen LogP contribution in [0.5, 0.6) is 5.88 Å². The van der Waals surface area contributed by atoms with E-state index in [0.29, 0.717) is 12.0 Å². The fourth-order valence-corrected chi connectivity index (χ4v) is 2.76. The summed E-state index contributed by atoms with van der Waals surface area (Å²) in [4.78, 5) is 4.49. The molecule has 1 aliphatic carbocycles. The van der Waals surface area contributed by atoms with Crippen LogP contribution < -0.4 is 4.74 Å². The molecular formula is C14H20ClNO. The van der Waals surface area contributed by atoms with Crippen LogP contribution in [0.1, 0.15) is 48.9 Å². The molecule has 1 heterocycles. The van der Waals surface area contributed by atoms with Gasteiger partial charge < -0.3 is 4.74 Å². The third-order valence-electron chi connectivity index (χ3n) is 3.40. The lowest BCUT2D eigenvalue weighted by Crippen LogP contribution is -2.21. The van der Waals surface area contributed by atoms with E-state index in [4.69, 9.17) is 16.3 Å². The molecule has 0 bridgehead atoms. The molecule has 17 heavy (non-hydrogen) atoms.